The lowest BCUT2D eigenvalue weighted by molar-refractivity contribution is 0.0509. The number of carbonyl (C=O) groups is 1. The van der Waals surface area contributed by atoms with Crippen LogP contribution >= 0.6 is 0 Å². The van der Waals surface area contributed by atoms with Gasteiger partial charge in [-0.05, 0) is 72.1 Å². The van der Waals surface area contributed by atoms with E-state index in [-0.39, 0.29) is 24.1 Å². The van der Waals surface area contributed by atoms with E-state index in [4.69, 9.17) is 10.00 Å². The Balaban J connectivity index is 1.17. The molecule has 1 fully saturated rings. The van der Waals surface area contributed by atoms with Crippen molar-refractivity contribution in [1.82, 2.24) is 4.90 Å². The van der Waals surface area contributed by atoms with Crippen LogP contribution in [0.1, 0.15) is 53.9 Å². The van der Waals surface area contributed by atoms with Crippen LogP contribution in [-0.2, 0) is 11.2 Å². The zero-order valence-corrected chi connectivity index (χ0v) is 19.7. The van der Waals surface area contributed by atoms with Crippen molar-refractivity contribution in [1.29, 1.82) is 5.26 Å². The van der Waals surface area contributed by atoms with Gasteiger partial charge in [0, 0.05) is 12.0 Å². The maximum atomic E-state index is 13.4. The van der Waals surface area contributed by atoms with E-state index in [0.29, 0.717) is 12.2 Å². The van der Waals surface area contributed by atoms with Gasteiger partial charge < -0.3 is 4.74 Å². The van der Waals surface area contributed by atoms with Gasteiger partial charge in [-0.15, -0.1) is 0 Å². The topological polar surface area (TPSA) is 53.3 Å². The standard InChI is InChI=1S/C31H28N2O2/c32-19-22-14-12-21(13-15-22)16-23-17-24-6-5-7-25(18-23)33(24)31(34)35-20-30-28-10-3-1-8-26(28)27-9-2-4-11-29(27)30/h1-4,8-15,17,24-25,30H,5-7,16,18,20H2. The molecule has 1 amide bonds. The van der Waals surface area contributed by atoms with Crippen molar-refractivity contribution in [3.8, 4) is 17.2 Å². The summed E-state index contributed by atoms with van der Waals surface area (Å²) in [4.78, 5) is 15.4. The molecular formula is C31H28N2O2. The normalized spacial score (nSPS) is 20.4. The van der Waals surface area contributed by atoms with Gasteiger partial charge >= 0.3 is 6.09 Å². The first-order valence-electron chi connectivity index (χ1n) is 12.5. The van der Waals surface area contributed by atoms with Crippen molar-refractivity contribution in [3.05, 3.63) is 107 Å². The molecule has 0 radical (unpaired) electrons. The van der Waals surface area contributed by atoms with Crippen molar-refractivity contribution >= 4 is 6.09 Å². The Morgan fingerprint density at radius 3 is 2.29 bits per heavy atom. The van der Waals surface area contributed by atoms with E-state index in [1.165, 1.54) is 33.4 Å². The van der Waals surface area contributed by atoms with Gasteiger partial charge in [0.2, 0.25) is 0 Å². The minimum atomic E-state index is -0.185. The summed E-state index contributed by atoms with van der Waals surface area (Å²) in [6.07, 6.45) is 7.01. The fourth-order valence-electron chi connectivity index (χ4n) is 6.16. The highest BCUT2D eigenvalue weighted by Crippen LogP contribution is 2.45. The molecule has 2 atom stereocenters. The van der Waals surface area contributed by atoms with Gasteiger partial charge in [-0.25, -0.2) is 4.79 Å². The molecule has 0 aromatic heterocycles. The lowest BCUT2D eigenvalue weighted by Gasteiger charge is -2.44. The first-order valence-corrected chi connectivity index (χ1v) is 12.5. The zero-order valence-electron chi connectivity index (χ0n) is 19.7. The molecule has 3 aliphatic rings. The quantitative estimate of drug-likeness (QED) is 0.412. The monoisotopic (exact) mass is 460 g/mol. The first-order chi connectivity index (χ1) is 17.2. The third-order valence-corrected chi connectivity index (χ3v) is 7.77. The van der Waals surface area contributed by atoms with Crippen molar-refractivity contribution in [2.24, 2.45) is 0 Å². The number of ether oxygens (including phenoxy) is 1. The number of hydrogen-bond donors (Lipinski definition) is 0. The molecular weight excluding hydrogens is 432 g/mol. The molecule has 0 spiro atoms. The van der Waals surface area contributed by atoms with Gasteiger partial charge in [-0.1, -0.05) is 72.3 Å². The lowest BCUT2D eigenvalue weighted by atomic mass is 9.83. The van der Waals surface area contributed by atoms with Crippen LogP contribution in [0.15, 0.2) is 84.4 Å². The molecule has 1 saturated heterocycles. The van der Waals surface area contributed by atoms with E-state index in [2.05, 4.69) is 60.7 Å². The summed E-state index contributed by atoms with van der Waals surface area (Å²) in [5.74, 6) is 0.0819. The number of fused-ring (bicyclic) bond motifs is 5. The molecule has 1 aliphatic carbocycles. The van der Waals surface area contributed by atoms with Crippen LogP contribution in [0.25, 0.3) is 11.1 Å². The van der Waals surface area contributed by atoms with Crippen LogP contribution in [0.2, 0.25) is 0 Å². The third-order valence-electron chi connectivity index (χ3n) is 7.77. The average Bonchev–Trinajstić information content (AvgIpc) is 3.21. The highest BCUT2D eigenvalue weighted by atomic mass is 16.6. The molecule has 4 heteroatoms. The second kappa shape index (κ2) is 9.07. The van der Waals surface area contributed by atoms with E-state index in [9.17, 15) is 4.79 Å². The van der Waals surface area contributed by atoms with Crippen LogP contribution in [0.3, 0.4) is 0 Å². The molecule has 0 saturated carbocycles. The summed E-state index contributed by atoms with van der Waals surface area (Å²) in [5, 5.41) is 9.04. The molecule has 3 aromatic rings. The van der Waals surface area contributed by atoms with E-state index < -0.39 is 0 Å². The second-order valence-electron chi connectivity index (χ2n) is 9.88. The van der Waals surface area contributed by atoms with E-state index >= 15 is 0 Å². The van der Waals surface area contributed by atoms with Crippen molar-refractivity contribution < 1.29 is 9.53 Å². The SMILES string of the molecule is N#Cc1ccc(CC2=CC3CCCC(C2)N3C(=O)OCC2c3ccccc3-c3ccccc32)cc1. The number of rotatable bonds is 4. The Bertz CT molecular complexity index is 1290. The summed E-state index contributed by atoms with van der Waals surface area (Å²) in [6.45, 7) is 0.366. The predicted octanol–water partition coefficient (Wildman–Crippen LogP) is 6.60. The molecule has 174 valence electrons. The fraction of sp³-hybridized carbons (Fsp3) is 0.290. The van der Waals surface area contributed by atoms with Gasteiger partial charge in [-0.2, -0.15) is 5.26 Å². The van der Waals surface area contributed by atoms with Crippen LogP contribution in [0.4, 0.5) is 4.79 Å². The van der Waals surface area contributed by atoms with Gasteiger partial charge in [0.05, 0.1) is 17.7 Å². The summed E-state index contributed by atoms with van der Waals surface area (Å²) in [6, 6.07) is 27.2. The Hall–Kier alpha value is -3.84. The van der Waals surface area contributed by atoms with Crippen LogP contribution < -0.4 is 0 Å². The van der Waals surface area contributed by atoms with Gasteiger partial charge in [-0.3, -0.25) is 4.90 Å². The Labute approximate surface area is 206 Å². The smallest absolute Gasteiger partial charge is 0.410 e. The van der Waals surface area contributed by atoms with E-state index in [0.717, 1.165) is 32.1 Å². The van der Waals surface area contributed by atoms with Crippen LogP contribution in [-0.4, -0.2) is 29.7 Å². The molecule has 2 unspecified atom stereocenters. The Kier molecular flexibility index (Phi) is 5.62. The number of piperidine rings is 1. The van der Waals surface area contributed by atoms with Gasteiger partial charge in [0.15, 0.2) is 0 Å². The molecule has 2 bridgehead atoms. The molecule has 35 heavy (non-hydrogen) atoms. The molecule has 0 N–H and O–H groups in total. The molecule has 2 aliphatic heterocycles. The fourth-order valence-corrected chi connectivity index (χ4v) is 6.16. The molecule has 3 aromatic carbocycles. The zero-order chi connectivity index (χ0) is 23.8. The van der Waals surface area contributed by atoms with Gasteiger partial charge in [0.25, 0.3) is 0 Å². The highest BCUT2D eigenvalue weighted by molar-refractivity contribution is 5.79. The first kappa shape index (κ1) is 21.7. The summed E-state index contributed by atoms with van der Waals surface area (Å²) in [7, 11) is 0. The number of carbonyl (C=O) groups excluding carboxylic acids is 1. The predicted molar refractivity (Wildman–Crippen MR) is 136 cm³/mol. The summed E-state index contributed by atoms with van der Waals surface area (Å²) in [5.41, 5.74) is 8.25. The summed E-state index contributed by atoms with van der Waals surface area (Å²) < 4.78 is 6.02. The maximum Gasteiger partial charge on any atom is 0.410 e. The van der Waals surface area contributed by atoms with Crippen molar-refractivity contribution in [2.45, 2.75) is 50.1 Å². The van der Waals surface area contributed by atoms with Crippen molar-refractivity contribution in [2.75, 3.05) is 6.61 Å². The molecule has 6 rings (SSSR count). The van der Waals surface area contributed by atoms with E-state index in [1.807, 2.05) is 29.2 Å². The van der Waals surface area contributed by atoms with Crippen molar-refractivity contribution in [3.63, 3.8) is 0 Å². The molecule has 4 nitrogen and oxygen atoms in total. The number of amides is 1. The second-order valence-corrected chi connectivity index (χ2v) is 9.88. The average molecular weight is 461 g/mol. The van der Waals surface area contributed by atoms with Gasteiger partial charge in [0.1, 0.15) is 6.61 Å². The maximum absolute atomic E-state index is 13.4. The number of hydrogen-bond acceptors (Lipinski definition) is 3. The Morgan fingerprint density at radius 2 is 1.63 bits per heavy atom. The molecule has 2 heterocycles. The number of nitrogens with zero attached hydrogens (tertiary/aromatic N) is 2. The summed E-state index contributed by atoms with van der Waals surface area (Å²) >= 11 is 0. The van der Waals surface area contributed by atoms with E-state index in [1.54, 1.807) is 0 Å². The number of nitriles is 1. The van der Waals surface area contributed by atoms with Crippen LogP contribution in [0.5, 0.6) is 0 Å². The minimum absolute atomic E-state index is 0.0819. The Morgan fingerprint density at radius 1 is 0.943 bits per heavy atom. The highest BCUT2D eigenvalue weighted by Gasteiger charge is 2.38. The third kappa shape index (κ3) is 4.02. The lowest BCUT2D eigenvalue weighted by Crippen LogP contribution is -2.52. The minimum Gasteiger partial charge on any atom is -0.448 e. The largest absolute Gasteiger partial charge is 0.448 e. The van der Waals surface area contributed by atoms with Crippen LogP contribution in [0, 0.1) is 11.3 Å². The number of benzene rings is 3.